The molecule has 0 aromatic carbocycles. The van der Waals surface area contributed by atoms with E-state index in [4.69, 9.17) is 0 Å². The van der Waals surface area contributed by atoms with Crippen LogP contribution in [0.4, 0.5) is 5.13 Å². The largest absolute Gasteiger partial charge is 0.297 e. The van der Waals surface area contributed by atoms with Gasteiger partial charge in [0.15, 0.2) is 5.13 Å². The van der Waals surface area contributed by atoms with Crippen molar-refractivity contribution in [1.82, 2.24) is 14.6 Å². The van der Waals surface area contributed by atoms with Crippen molar-refractivity contribution in [3.63, 3.8) is 0 Å². The first-order valence-corrected chi connectivity index (χ1v) is 8.48. The molecule has 2 aromatic heterocycles. The summed E-state index contributed by atoms with van der Waals surface area (Å²) in [6.45, 7) is 2.07. The van der Waals surface area contributed by atoms with E-state index in [-0.39, 0.29) is 5.91 Å². The highest BCUT2D eigenvalue weighted by Crippen LogP contribution is 2.30. The van der Waals surface area contributed by atoms with Gasteiger partial charge < -0.3 is 0 Å². The van der Waals surface area contributed by atoms with Crippen LogP contribution in [0.1, 0.15) is 52.1 Å². The van der Waals surface area contributed by atoms with Gasteiger partial charge in [0.05, 0.1) is 11.4 Å². The van der Waals surface area contributed by atoms with Crippen molar-refractivity contribution in [1.29, 1.82) is 0 Å². The van der Waals surface area contributed by atoms with Gasteiger partial charge in [0.2, 0.25) is 0 Å². The van der Waals surface area contributed by atoms with Crippen LogP contribution in [0, 0.1) is 0 Å². The molecule has 5 nitrogen and oxygen atoms in total. The number of carbonyl (C=O) groups excluding carboxylic acids is 1. The van der Waals surface area contributed by atoms with E-state index in [1.54, 1.807) is 11.3 Å². The maximum Gasteiger partial charge on any atom is 0.271 e. The number of hydrogen-bond donors (Lipinski definition) is 1. The van der Waals surface area contributed by atoms with Gasteiger partial charge in [-0.05, 0) is 43.6 Å². The minimum atomic E-state index is -0.130. The van der Waals surface area contributed by atoms with Gasteiger partial charge in [0, 0.05) is 4.88 Å². The molecule has 0 aliphatic heterocycles. The van der Waals surface area contributed by atoms with Crippen molar-refractivity contribution in [2.45, 2.75) is 45.4 Å². The van der Waals surface area contributed by atoms with Crippen LogP contribution >= 0.6 is 22.9 Å². The number of carbonyl (C=O) groups is 1. The third-order valence-corrected chi connectivity index (χ3v) is 5.15. The lowest BCUT2D eigenvalue weighted by molar-refractivity contribution is 0.102. The molecule has 1 N–H and O–H groups in total. The molecule has 3 rings (SSSR count). The number of hydrogen-bond acceptors (Lipinski definition) is 6. The van der Waals surface area contributed by atoms with E-state index < -0.39 is 0 Å². The van der Waals surface area contributed by atoms with Crippen molar-refractivity contribution in [3.05, 3.63) is 21.1 Å². The molecular weight excluding hydrogens is 292 g/mol. The predicted molar refractivity (Wildman–Crippen MR) is 80.6 cm³/mol. The maximum absolute atomic E-state index is 12.3. The molecule has 1 aliphatic rings. The summed E-state index contributed by atoms with van der Waals surface area (Å²) in [6, 6.07) is 0. The Labute approximate surface area is 125 Å². The number of aryl methyl sites for hydroxylation is 3. The van der Waals surface area contributed by atoms with Crippen LogP contribution in [0.2, 0.25) is 0 Å². The van der Waals surface area contributed by atoms with Gasteiger partial charge in [-0.2, -0.15) is 0 Å². The fourth-order valence-corrected chi connectivity index (χ4v) is 3.99. The number of nitrogens with zero attached hydrogens (tertiary/aromatic N) is 3. The molecule has 0 fully saturated rings. The maximum atomic E-state index is 12.3. The molecule has 0 unspecified atom stereocenters. The van der Waals surface area contributed by atoms with E-state index in [1.165, 1.54) is 17.7 Å². The Hall–Kier alpha value is -1.34. The van der Waals surface area contributed by atoms with Gasteiger partial charge in [-0.1, -0.05) is 17.8 Å². The van der Waals surface area contributed by atoms with Gasteiger partial charge in [0.1, 0.15) is 4.88 Å². The molecule has 1 aliphatic carbocycles. The third-order valence-electron chi connectivity index (χ3n) is 3.31. The smallest absolute Gasteiger partial charge is 0.271 e. The molecule has 0 saturated heterocycles. The molecule has 0 radical (unpaired) electrons. The lowest BCUT2D eigenvalue weighted by atomic mass is 10.0. The molecule has 2 heterocycles. The van der Waals surface area contributed by atoms with Crippen molar-refractivity contribution in [2.24, 2.45) is 0 Å². The lowest BCUT2D eigenvalue weighted by Crippen LogP contribution is -2.12. The molecular formula is C13H16N4OS2. The Balaban J connectivity index is 1.75. The average molecular weight is 308 g/mol. The first-order valence-electron chi connectivity index (χ1n) is 6.89. The molecule has 1 amide bonds. The monoisotopic (exact) mass is 308 g/mol. The van der Waals surface area contributed by atoms with Crippen LogP contribution in [-0.4, -0.2) is 20.5 Å². The highest BCUT2D eigenvalue weighted by molar-refractivity contribution is 7.16. The predicted octanol–water partition coefficient (Wildman–Crippen LogP) is 3.08. The van der Waals surface area contributed by atoms with Crippen molar-refractivity contribution in [3.8, 4) is 0 Å². The Kier molecular flexibility index (Phi) is 4.07. The number of anilines is 1. The van der Waals surface area contributed by atoms with E-state index in [1.807, 2.05) is 0 Å². The number of thiazole rings is 1. The summed E-state index contributed by atoms with van der Waals surface area (Å²) >= 11 is 2.76. The van der Waals surface area contributed by atoms with Crippen LogP contribution < -0.4 is 5.32 Å². The van der Waals surface area contributed by atoms with Gasteiger partial charge in [-0.3, -0.25) is 10.1 Å². The number of fused-ring (bicyclic) bond motifs is 1. The number of nitrogens with one attached hydrogen (secondary N) is 1. The summed E-state index contributed by atoms with van der Waals surface area (Å²) in [6.07, 6.45) is 6.29. The summed E-state index contributed by atoms with van der Waals surface area (Å²) in [5, 5.41) is 7.63. The summed E-state index contributed by atoms with van der Waals surface area (Å²) in [7, 11) is 0. The Morgan fingerprint density at radius 3 is 3.00 bits per heavy atom. The van der Waals surface area contributed by atoms with Crippen LogP contribution in [0.5, 0.6) is 0 Å². The quantitative estimate of drug-likeness (QED) is 0.942. The summed E-state index contributed by atoms with van der Waals surface area (Å²) < 4.78 is 3.88. The zero-order valence-corrected chi connectivity index (χ0v) is 12.9. The minimum absolute atomic E-state index is 0.130. The fraction of sp³-hybridized carbons (Fsp3) is 0.538. The lowest BCUT2D eigenvalue weighted by Gasteiger charge is -2.06. The number of aromatic nitrogens is 3. The van der Waals surface area contributed by atoms with Crippen LogP contribution in [0.3, 0.4) is 0 Å². The summed E-state index contributed by atoms with van der Waals surface area (Å²) in [5.41, 5.74) is 1.95. The molecule has 0 atom stereocenters. The SMILES string of the molecule is CCCc1nnsc1C(=O)Nc1nc2c(s1)CCCC2. The molecule has 0 spiro atoms. The second-order valence-electron chi connectivity index (χ2n) is 4.85. The minimum Gasteiger partial charge on any atom is -0.297 e. The van der Waals surface area contributed by atoms with Gasteiger partial charge in [0.25, 0.3) is 5.91 Å². The summed E-state index contributed by atoms with van der Waals surface area (Å²) in [4.78, 5) is 18.7. The second kappa shape index (κ2) is 5.97. The average Bonchev–Trinajstić information content (AvgIpc) is 3.04. The van der Waals surface area contributed by atoms with Crippen LogP contribution in [0.15, 0.2) is 0 Å². The van der Waals surface area contributed by atoms with E-state index in [2.05, 4.69) is 26.8 Å². The van der Waals surface area contributed by atoms with E-state index in [9.17, 15) is 4.79 Å². The molecule has 0 bridgehead atoms. The van der Waals surface area contributed by atoms with E-state index in [0.717, 1.165) is 48.6 Å². The van der Waals surface area contributed by atoms with E-state index in [0.29, 0.717) is 10.0 Å². The highest BCUT2D eigenvalue weighted by Gasteiger charge is 2.19. The fourth-order valence-electron chi connectivity index (χ4n) is 2.34. The third kappa shape index (κ3) is 2.73. The highest BCUT2D eigenvalue weighted by atomic mass is 32.1. The second-order valence-corrected chi connectivity index (χ2v) is 6.69. The molecule has 106 valence electrons. The molecule has 20 heavy (non-hydrogen) atoms. The van der Waals surface area contributed by atoms with Crippen LogP contribution in [-0.2, 0) is 19.3 Å². The normalized spacial score (nSPS) is 14.1. The van der Waals surface area contributed by atoms with E-state index >= 15 is 0 Å². The van der Waals surface area contributed by atoms with Crippen LogP contribution in [0.25, 0.3) is 0 Å². The zero-order chi connectivity index (χ0) is 13.9. The Morgan fingerprint density at radius 1 is 1.35 bits per heavy atom. The topological polar surface area (TPSA) is 67.8 Å². The van der Waals surface area contributed by atoms with Gasteiger partial charge in [-0.15, -0.1) is 16.4 Å². The Bertz CT molecular complexity index is 596. The number of rotatable bonds is 4. The molecule has 7 heteroatoms. The molecule has 0 saturated carbocycles. The first-order chi connectivity index (χ1) is 9.78. The zero-order valence-electron chi connectivity index (χ0n) is 11.3. The van der Waals surface area contributed by atoms with Crippen molar-refractivity contribution < 1.29 is 4.79 Å². The standard InChI is InChI=1S/C13H16N4OS2/c1-2-5-9-11(20-17-16-9)12(18)15-13-14-8-6-3-4-7-10(8)19-13/h2-7H2,1H3,(H,14,15,18). The Morgan fingerprint density at radius 2 is 2.20 bits per heavy atom. The molecule has 2 aromatic rings. The first kappa shape index (κ1) is 13.6. The number of amides is 1. The van der Waals surface area contributed by atoms with Gasteiger partial charge >= 0.3 is 0 Å². The van der Waals surface area contributed by atoms with Crippen molar-refractivity contribution >= 4 is 33.9 Å². The summed E-state index contributed by atoms with van der Waals surface area (Å²) in [5.74, 6) is -0.130. The van der Waals surface area contributed by atoms with Gasteiger partial charge in [-0.25, -0.2) is 4.98 Å². The van der Waals surface area contributed by atoms with Crippen molar-refractivity contribution in [2.75, 3.05) is 5.32 Å².